The number of amides is 1. The summed E-state index contributed by atoms with van der Waals surface area (Å²) in [5.41, 5.74) is -0.598. The van der Waals surface area contributed by atoms with Crippen LogP contribution < -0.4 is 10.6 Å². The zero-order valence-corrected chi connectivity index (χ0v) is 12.1. The molecule has 0 saturated heterocycles. The monoisotopic (exact) mass is 276 g/mol. The lowest BCUT2D eigenvalue weighted by Gasteiger charge is -2.23. The number of aliphatic hydroxyl groups excluding tert-OH is 1. The van der Waals surface area contributed by atoms with E-state index < -0.39 is 29.8 Å². The van der Waals surface area contributed by atoms with Gasteiger partial charge < -0.3 is 25.2 Å². The van der Waals surface area contributed by atoms with Crippen LogP contribution in [0, 0.1) is 0 Å². The highest BCUT2D eigenvalue weighted by molar-refractivity contribution is 5.75. The Morgan fingerprint density at radius 1 is 1.32 bits per heavy atom. The van der Waals surface area contributed by atoms with Gasteiger partial charge in [-0.15, -0.1) is 0 Å². The Hall–Kier alpha value is -1.34. The molecule has 0 aromatic rings. The minimum atomic E-state index is -1.35. The van der Waals surface area contributed by atoms with Crippen LogP contribution in [0.2, 0.25) is 0 Å². The van der Waals surface area contributed by atoms with Crippen LogP contribution >= 0.6 is 0 Å². The number of hydrogen-bond donors (Lipinski definition) is 3. The molecule has 2 atom stereocenters. The first-order valence-electron chi connectivity index (χ1n) is 6.20. The van der Waals surface area contributed by atoms with Gasteiger partial charge in [0.1, 0.15) is 5.60 Å². The molecular formula is C12H24N2O5. The zero-order chi connectivity index (χ0) is 15.1. The quantitative estimate of drug-likeness (QED) is 0.592. The van der Waals surface area contributed by atoms with E-state index in [0.717, 1.165) is 0 Å². The second-order valence-electron chi connectivity index (χ2n) is 4.97. The van der Waals surface area contributed by atoms with Gasteiger partial charge in [0.05, 0.1) is 12.6 Å². The summed E-state index contributed by atoms with van der Waals surface area (Å²) in [6.07, 6.45) is -1.95. The van der Waals surface area contributed by atoms with Crippen molar-refractivity contribution in [3.63, 3.8) is 0 Å². The second kappa shape index (κ2) is 7.96. The molecule has 7 nitrogen and oxygen atoms in total. The van der Waals surface area contributed by atoms with Crippen molar-refractivity contribution in [1.82, 2.24) is 10.6 Å². The third-order valence-electron chi connectivity index (χ3n) is 2.15. The Bertz CT molecular complexity index is 301. The van der Waals surface area contributed by atoms with E-state index in [9.17, 15) is 14.7 Å². The molecule has 0 aromatic carbocycles. The summed E-state index contributed by atoms with van der Waals surface area (Å²) >= 11 is 0. The number of alkyl carbamates (subject to hydrolysis) is 1. The number of esters is 1. The van der Waals surface area contributed by atoms with Crippen LogP contribution in [0.25, 0.3) is 0 Å². The summed E-state index contributed by atoms with van der Waals surface area (Å²) in [6, 6.07) is -0.647. The van der Waals surface area contributed by atoms with Crippen molar-refractivity contribution in [3.05, 3.63) is 0 Å². The van der Waals surface area contributed by atoms with Crippen molar-refractivity contribution in [2.75, 3.05) is 20.2 Å². The summed E-state index contributed by atoms with van der Waals surface area (Å²) in [5, 5.41) is 14.9. The fraction of sp³-hybridized carbons (Fsp3) is 0.833. The number of hydrogen-bond acceptors (Lipinski definition) is 6. The first-order valence-corrected chi connectivity index (χ1v) is 6.20. The highest BCUT2D eigenvalue weighted by Gasteiger charge is 2.27. The van der Waals surface area contributed by atoms with Gasteiger partial charge in [-0.1, -0.05) is 0 Å². The number of likely N-dealkylation sites (N-methyl/N-ethyl adjacent to an activating group) is 1. The second-order valence-corrected chi connectivity index (χ2v) is 4.97. The lowest BCUT2D eigenvalue weighted by molar-refractivity contribution is -0.154. The maximum Gasteiger partial charge on any atom is 0.407 e. The Morgan fingerprint density at radius 2 is 1.89 bits per heavy atom. The molecule has 1 amide bonds. The van der Waals surface area contributed by atoms with E-state index in [0.29, 0.717) is 0 Å². The van der Waals surface area contributed by atoms with E-state index in [1.165, 1.54) is 0 Å². The van der Waals surface area contributed by atoms with Gasteiger partial charge >= 0.3 is 12.1 Å². The molecule has 0 aliphatic rings. The molecule has 19 heavy (non-hydrogen) atoms. The van der Waals surface area contributed by atoms with Gasteiger partial charge in [0.15, 0.2) is 6.10 Å². The maximum atomic E-state index is 11.4. The molecule has 0 radical (unpaired) electrons. The van der Waals surface area contributed by atoms with Crippen molar-refractivity contribution < 1.29 is 24.2 Å². The highest BCUT2D eigenvalue weighted by Crippen LogP contribution is 2.06. The van der Waals surface area contributed by atoms with Crippen LogP contribution in [-0.2, 0) is 14.3 Å². The molecule has 7 heteroatoms. The fourth-order valence-corrected chi connectivity index (χ4v) is 1.27. The average molecular weight is 276 g/mol. The van der Waals surface area contributed by atoms with Crippen LogP contribution in [-0.4, -0.2) is 55.1 Å². The molecule has 112 valence electrons. The molecule has 0 bridgehead atoms. The number of aliphatic hydroxyl groups is 1. The third kappa shape index (κ3) is 7.63. The van der Waals surface area contributed by atoms with Gasteiger partial charge in [-0.05, 0) is 34.7 Å². The van der Waals surface area contributed by atoms with Crippen molar-refractivity contribution in [2.24, 2.45) is 0 Å². The molecule has 1 unspecified atom stereocenters. The summed E-state index contributed by atoms with van der Waals surface area (Å²) in [6.45, 7) is 7.12. The number of nitrogens with one attached hydrogen (secondary N) is 2. The first kappa shape index (κ1) is 17.7. The van der Waals surface area contributed by atoms with Crippen molar-refractivity contribution in [3.8, 4) is 0 Å². The van der Waals surface area contributed by atoms with Crippen molar-refractivity contribution in [2.45, 2.75) is 45.4 Å². The van der Waals surface area contributed by atoms with Gasteiger partial charge in [-0.3, -0.25) is 0 Å². The minimum absolute atomic E-state index is 0.0470. The summed E-state index contributed by atoms with van der Waals surface area (Å²) < 4.78 is 9.75. The number of ether oxygens (including phenoxy) is 2. The molecule has 3 N–H and O–H groups in total. The van der Waals surface area contributed by atoms with Gasteiger partial charge in [-0.2, -0.15) is 0 Å². The smallest absolute Gasteiger partial charge is 0.407 e. The van der Waals surface area contributed by atoms with Gasteiger partial charge in [-0.25, -0.2) is 9.59 Å². The molecule has 0 rings (SSSR count). The number of rotatable bonds is 6. The predicted molar refractivity (Wildman–Crippen MR) is 69.7 cm³/mol. The van der Waals surface area contributed by atoms with E-state index >= 15 is 0 Å². The Labute approximate surface area is 113 Å². The first-order chi connectivity index (χ1) is 8.71. The highest BCUT2D eigenvalue weighted by atomic mass is 16.6. The van der Waals surface area contributed by atoms with Gasteiger partial charge in [0.25, 0.3) is 0 Å². The Morgan fingerprint density at radius 3 is 2.32 bits per heavy atom. The molecule has 0 saturated carbocycles. The minimum Gasteiger partial charge on any atom is -0.464 e. The summed E-state index contributed by atoms with van der Waals surface area (Å²) in [5.74, 6) is -0.729. The van der Waals surface area contributed by atoms with E-state index in [1.54, 1.807) is 34.7 Å². The van der Waals surface area contributed by atoms with Gasteiger partial charge in [0.2, 0.25) is 0 Å². The number of carbonyl (C=O) groups is 2. The molecule has 0 aromatic heterocycles. The topological polar surface area (TPSA) is 96.9 Å². The lowest BCUT2D eigenvalue weighted by atomic mass is 10.1. The van der Waals surface area contributed by atoms with E-state index in [4.69, 9.17) is 9.47 Å². The largest absolute Gasteiger partial charge is 0.464 e. The predicted octanol–water partition coefficient (Wildman–Crippen LogP) is 0.0231. The van der Waals surface area contributed by atoms with Crippen molar-refractivity contribution >= 4 is 12.1 Å². The molecule has 0 aliphatic carbocycles. The summed E-state index contributed by atoms with van der Waals surface area (Å²) in [7, 11) is 1.57. The summed E-state index contributed by atoms with van der Waals surface area (Å²) in [4.78, 5) is 22.8. The standard InChI is InChI=1S/C12H24N2O5/c1-6-18-10(16)9(15)8(13-5)7-14-11(17)19-12(2,3)4/h8-9,13,15H,6-7H2,1-5H3,(H,14,17)/t8?,9-/m1/s1. The number of carbonyl (C=O) groups excluding carboxylic acids is 2. The normalized spacial score (nSPS) is 14.4. The molecule has 0 heterocycles. The Kier molecular flexibility index (Phi) is 7.40. The van der Waals surface area contributed by atoms with E-state index in [1.807, 2.05) is 0 Å². The molecule has 0 aliphatic heterocycles. The van der Waals surface area contributed by atoms with Crippen molar-refractivity contribution in [1.29, 1.82) is 0 Å². The van der Waals surface area contributed by atoms with E-state index in [-0.39, 0.29) is 13.2 Å². The van der Waals surface area contributed by atoms with Crippen LogP contribution in [0.15, 0.2) is 0 Å². The molecule has 0 spiro atoms. The SMILES string of the molecule is CCOC(=O)[C@H](O)C(CNC(=O)OC(C)(C)C)NC. The van der Waals surface area contributed by atoms with Crippen LogP contribution in [0.1, 0.15) is 27.7 Å². The fourth-order valence-electron chi connectivity index (χ4n) is 1.27. The van der Waals surface area contributed by atoms with Crippen LogP contribution in [0.4, 0.5) is 4.79 Å². The van der Waals surface area contributed by atoms with E-state index in [2.05, 4.69) is 10.6 Å². The third-order valence-corrected chi connectivity index (χ3v) is 2.15. The van der Waals surface area contributed by atoms with Crippen LogP contribution in [0.5, 0.6) is 0 Å². The Balaban J connectivity index is 4.27. The average Bonchev–Trinajstić information content (AvgIpc) is 2.27. The zero-order valence-electron chi connectivity index (χ0n) is 12.1. The molecular weight excluding hydrogens is 252 g/mol. The maximum absolute atomic E-state index is 11.4. The van der Waals surface area contributed by atoms with Crippen LogP contribution in [0.3, 0.4) is 0 Å². The lowest BCUT2D eigenvalue weighted by Crippen LogP contribution is -2.50. The molecule has 0 fully saturated rings. The van der Waals surface area contributed by atoms with Gasteiger partial charge in [0, 0.05) is 6.54 Å².